The molecule has 0 aliphatic heterocycles. The summed E-state index contributed by atoms with van der Waals surface area (Å²) in [5.74, 6) is 0.0654. The first-order valence-corrected chi connectivity index (χ1v) is 11.3. The van der Waals surface area contributed by atoms with Gasteiger partial charge >= 0.3 is 6.09 Å². The number of carbonyl (C=O) groups excluding carboxylic acids is 2. The van der Waals surface area contributed by atoms with Gasteiger partial charge in [0.05, 0.1) is 34.8 Å². The van der Waals surface area contributed by atoms with Gasteiger partial charge in [0.15, 0.2) is 0 Å². The van der Waals surface area contributed by atoms with E-state index < -0.39 is 17.2 Å². The highest BCUT2D eigenvalue weighted by Crippen LogP contribution is 2.28. The summed E-state index contributed by atoms with van der Waals surface area (Å²) in [7, 11) is 0. The van der Waals surface area contributed by atoms with Crippen LogP contribution in [0.5, 0.6) is 0 Å². The zero-order valence-electron chi connectivity index (χ0n) is 20.3. The van der Waals surface area contributed by atoms with Gasteiger partial charge in [0, 0.05) is 24.5 Å². The zero-order chi connectivity index (χ0) is 25.6. The van der Waals surface area contributed by atoms with Gasteiger partial charge in [-0.1, -0.05) is 11.6 Å². The van der Waals surface area contributed by atoms with Crippen LogP contribution in [-0.2, 0) is 21.6 Å². The van der Waals surface area contributed by atoms with E-state index in [0.29, 0.717) is 22.4 Å². The first-order chi connectivity index (χ1) is 16.4. The minimum absolute atomic E-state index is 0.189. The highest BCUT2D eigenvalue weighted by atomic mass is 35.5. The summed E-state index contributed by atoms with van der Waals surface area (Å²) in [5, 5.41) is 13.2. The van der Waals surface area contributed by atoms with Crippen molar-refractivity contribution in [2.75, 3.05) is 11.9 Å². The van der Waals surface area contributed by atoms with Crippen LogP contribution in [0.3, 0.4) is 0 Å². The predicted molar refractivity (Wildman–Crippen MR) is 131 cm³/mol. The molecule has 186 valence electrons. The second-order valence-electron chi connectivity index (χ2n) is 9.27. The Bertz CT molecular complexity index is 1170. The molecule has 0 saturated carbocycles. The van der Waals surface area contributed by atoms with Crippen molar-refractivity contribution in [1.82, 2.24) is 35.4 Å². The Hall–Kier alpha value is -3.73. The van der Waals surface area contributed by atoms with Gasteiger partial charge in [-0.25, -0.2) is 19.4 Å². The van der Waals surface area contributed by atoms with Crippen LogP contribution >= 0.6 is 11.6 Å². The molecule has 3 heterocycles. The first-order valence-electron chi connectivity index (χ1n) is 10.9. The fourth-order valence-corrected chi connectivity index (χ4v) is 3.37. The molecule has 0 radical (unpaired) electrons. The fraction of sp³-hybridized carbons (Fsp3) is 0.391. The molecular formula is C23H29ClN8O3. The SMILES string of the molecule is CC(C)(C)OC(=O)NCC(=O)NCc1cnn(-c2cnc(NC(C)(C)c3ncccc3Cl)nc2)c1. The van der Waals surface area contributed by atoms with Crippen LogP contribution in [0.25, 0.3) is 5.69 Å². The van der Waals surface area contributed by atoms with Crippen LogP contribution in [0.15, 0.2) is 43.1 Å². The van der Waals surface area contributed by atoms with Gasteiger partial charge < -0.3 is 20.7 Å². The molecule has 11 nitrogen and oxygen atoms in total. The van der Waals surface area contributed by atoms with Crippen molar-refractivity contribution >= 4 is 29.5 Å². The molecule has 3 aromatic rings. The molecule has 0 aromatic carbocycles. The van der Waals surface area contributed by atoms with E-state index in [9.17, 15) is 9.59 Å². The molecular weight excluding hydrogens is 472 g/mol. The molecule has 0 saturated heterocycles. The number of aromatic nitrogens is 5. The van der Waals surface area contributed by atoms with Crippen molar-refractivity contribution in [1.29, 1.82) is 0 Å². The van der Waals surface area contributed by atoms with Gasteiger partial charge in [0.1, 0.15) is 17.8 Å². The van der Waals surface area contributed by atoms with E-state index in [4.69, 9.17) is 16.3 Å². The van der Waals surface area contributed by atoms with Crippen LogP contribution in [0.2, 0.25) is 5.02 Å². The molecule has 2 amide bonds. The molecule has 3 rings (SSSR count). The minimum atomic E-state index is -0.648. The van der Waals surface area contributed by atoms with Crippen molar-refractivity contribution in [2.24, 2.45) is 0 Å². The maximum Gasteiger partial charge on any atom is 0.408 e. The molecule has 3 N–H and O–H groups in total. The van der Waals surface area contributed by atoms with E-state index >= 15 is 0 Å². The smallest absolute Gasteiger partial charge is 0.408 e. The number of rotatable bonds is 8. The van der Waals surface area contributed by atoms with E-state index in [0.717, 1.165) is 5.56 Å². The number of ether oxygens (including phenoxy) is 1. The van der Waals surface area contributed by atoms with Gasteiger partial charge in [0.2, 0.25) is 11.9 Å². The number of amides is 2. The van der Waals surface area contributed by atoms with Gasteiger partial charge in [-0.15, -0.1) is 0 Å². The molecule has 3 aromatic heterocycles. The van der Waals surface area contributed by atoms with Gasteiger partial charge in [-0.05, 0) is 46.8 Å². The lowest BCUT2D eigenvalue weighted by molar-refractivity contribution is -0.120. The fourth-order valence-electron chi connectivity index (χ4n) is 3.01. The van der Waals surface area contributed by atoms with E-state index in [2.05, 4.69) is 36.0 Å². The summed E-state index contributed by atoms with van der Waals surface area (Å²) in [6.45, 7) is 9.18. The van der Waals surface area contributed by atoms with Crippen molar-refractivity contribution < 1.29 is 14.3 Å². The van der Waals surface area contributed by atoms with Crippen molar-refractivity contribution in [3.05, 3.63) is 59.4 Å². The topological polar surface area (TPSA) is 136 Å². The summed E-state index contributed by atoms with van der Waals surface area (Å²) >= 11 is 6.28. The van der Waals surface area contributed by atoms with Crippen LogP contribution in [-0.4, -0.2) is 48.9 Å². The third-order valence-electron chi connectivity index (χ3n) is 4.60. The third-order valence-corrected chi connectivity index (χ3v) is 4.90. The number of halogens is 1. The lowest BCUT2D eigenvalue weighted by Gasteiger charge is -2.26. The maximum atomic E-state index is 12.0. The van der Waals surface area contributed by atoms with Crippen LogP contribution in [0.4, 0.5) is 10.7 Å². The zero-order valence-corrected chi connectivity index (χ0v) is 21.1. The molecule has 0 aliphatic carbocycles. The normalized spacial score (nSPS) is 11.6. The predicted octanol–water partition coefficient (Wildman–Crippen LogP) is 3.20. The first kappa shape index (κ1) is 25.9. The van der Waals surface area contributed by atoms with Crippen molar-refractivity contribution in [3.8, 4) is 5.69 Å². The molecule has 0 aliphatic rings. The maximum absolute atomic E-state index is 12.0. The van der Waals surface area contributed by atoms with Crippen LogP contribution in [0, 0.1) is 0 Å². The Balaban J connectivity index is 1.53. The molecule has 0 fully saturated rings. The molecule has 0 unspecified atom stereocenters. The number of anilines is 1. The number of nitrogens with one attached hydrogen (secondary N) is 3. The standard InChI is InChI=1S/C23H29ClN8O3/c1-22(2,3)35-21(34)29-13-18(33)26-9-15-10-30-32(14-15)16-11-27-20(28-12-16)31-23(4,5)19-17(24)7-6-8-25-19/h6-8,10-12,14H,9,13H2,1-5H3,(H,26,33)(H,29,34)(H,27,28,31). The van der Waals surface area contributed by atoms with Crippen LogP contribution < -0.4 is 16.0 Å². The summed E-state index contributed by atoms with van der Waals surface area (Å²) in [4.78, 5) is 36.7. The van der Waals surface area contributed by atoms with E-state index in [1.165, 1.54) is 0 Å². The monoisotopic (exact) mass is 500 g/mol. The van der Waals surface area contributed by atoms with E-state index in [1.54, 1.807) is 68.6 Å². The number of pyridine rings is 1. The largest absolute Gasteiger partial charge is 0.444 e. The molecule has 0 atom stereocenters. The molecule has 35 heavy (non-hydrogen) atoms. The number of hydrogen-bond donors (Lipinski definition) is 3. The van der Waals surface area contributed by atoms with Gasteiger partial charge in [-0.2, -0.15) is 5.10 Å². The third kappa shape index (κ3) is 7.64. The Morgan fingerprint density at radius 2 is 1.77 bits per heavy atom. The summed E-state index contributed by atoms with van der Waals surface area (Å²) in [6, 6.07) is 3.56. The Morgan fingerprint density at radius 3 is 2.43 bits per heavy atom. The molecule has 12 heteroatoms. The highest BCUT2D eigenvalue weighted by Gasteiger charge is 2.25. The number of carbonyl (C=O) groups is 2. The van der Waals surface area contributed by atoms with Gasteiger partial charge in [0.25, 0.3) is 0 Å². The summed E-state index contributed by atoms with van der Waals surface area (Å²) in [5.41, 5.74) is 0.886. The number of alkyl carbamates (subject to hydrolysis) is 1. The molecule has 0 spiro atoms. The Kier molecular flexibility index (Phi) is 7.90. The highest BCUT2D eigenvalue weighted by molar-refractivity contribution is 6.31. The van der Waals surface area contributed by atoms with Crippen LogP contribution in [0.1, 0.15) is 45.9 Å². The quantitative estimate of drug-likeness (QED) is 0.429. The van der Waals surface area contributed by atoms with Crippen molar-refractivity contribution in [2.45, 2.75) is 52.3 Å². The number of nitrogens with zero attached hydrogens (tertiary/aromatic N) is 5. The Labute approximate surface area is 208 Å². The van der Waals surface area contributed by atoms with E-state index in [-0.39, 0.29) is 19.0 Å². The number of hydrogen-bond acceptors (Lipinski definition) is 8. The summed E-state index contributed by atoms with van der Waals surface area (Å²) in [6.07, 6.45) is 7.68. The van der Waals surface area contributed by atoms with E-state index in [1.807, 2.05) is 13.8 Å². The van der Waals surface area contributed by atoms with Gasteiger partial charge in [-0.3, -0.25) is 9.78 Å². The second-order valence-corrected chi connectivity index (χ2v) is 9.68. The minimum Gasteiger partial charge on any atom is -0.444 e. The van der Waals surface area contributed by atoms with Crippen molar-refractivity contribution in [3.63, 3.8) is 0 Å². The average molecular weight is 501 g/mol. The molecule has 0 bridgehead atoms. The average Bonchev–Trinajstić information content (AvgIpc) is 3.24. The Morgan fingerprint density at radius 1 is 1.06 bits per heavy atom. The summed E-state index contributed by atoms with van der Waals surface area (Å²) < 4.78 is 6.70. The lowest BCUT2D eigenvalue weighted by atomic mass is 10.00. The lowest BCUT2D eigenvalue weighted by Crippen LogP contribution is -2.39. The second kappa shape index (κ2) is 10.7.